The van der Waals surface area contributed by atoms with Gasteiger partial charge in [0.05, 0.1) is 6.42 Å². The van der Waals surface area contributed by atoms with E-state index in [-0.39, 0.29) is 12.0 Å². The number of hydrogen-bond donors (Lipinski definition) is 3. The summed E-state index contributed by atoms with van der Waals surface area (Å²) in [4.78, 5) is 54.6. The van der Waals surface area contributed by atoms with E-state index in [4.69, 9.17) is 10.5 Å². The first-order valence-corrected chi connectivity index (χ1v) is 14.3. The van der Waals surface area contributed by atoms with Gasteiger partial charge in [0.1, 0.15) is 17.7 Å². The lowest BCUT2D eigenvalue weighted by molar-refractivity contribution is -0.142. The molecule has 42 heavy (non-hydrogen) atoms. The number of primary amides is 1. The second kappa shape index (κ2) is 12.6. The molecule has 4 atom stereocenters. The van der Waals surface area contributed by atoms with Gasteiger partial charge in [-0.3, -0.25) is 14.4 Å². The molecule has 0 aliphatic heterocycles. The van der Waals surface area contributed by atoms with Crippen molar-refractivity contribution in [1.29, 1.82) is 0 Å². The van der Waals surface area contributed by atoms with Crippen LogP contribution in [-0.2, 0) is 25.5 Å². The number of fused-ring (bicyclic) bond motifs is 1. The van der Waals surface area contributed by atoms with Crippen LogP contribution in [0.15, 0.2) is 66.7 Å². The summed E-state index contributed by atoms with van der Waals surface area (Å²) in [6.07, 6.45) is 0.199. The Bertz CT molecular complexity index is 1460. The van der Waals surface area contributed by atoms with Gasteiger partial charge in [-0.05, 0) is 73.6 Å². The summed E-state index contributed by atoms with van der Waals surface area (Å²) in [6, 6.07) is 18.4. The zero-order valence-corrected chi connectivity index (χ0v) is 24.8. The van der Waals surface area contributed by atoms with E-state index in [1.807, 2.05) is 80.6 Å². The van der Waals surface area contributed by atoms with E-state index in [9.17, 15) is 19.2 Å². The first kappa shape index (κ1) is 30.6. The number of amides is 4. The number of alkyl carbamates (subject to hydrolysis) is 1. The number of anilines is 1. The molecule has 1 fully saturated rings. The molecular formula is C33H40N4O5. The number of aryl methyl sites for hydroxylation is 1. The van der Waals surface area contributed by atoms with E-state index in [0.29, 0.717) is 17.7 Å². The molecule has 1 aliphatic rings. The summed E-state index contributed by atoms with van der Waals surface area (Å²) in [6.45, 7) is 9.12. The minimum absolute atomic E-state index is 0.121. The third-order valence-electron chi connectivity index (χ3n) is 7.32. The third kappa shape index (κ3) is 7.66. The molecule has 0 radical (unpaired) electrons. The maximum absolute atomic E-state index is 14.2. The molecule has 0 aromatic heterocycles. The van der Waals surface area contributed by atoms with Crippen molar-refractivity contribution in [3.05, 3.63) is 77.9 Å². The Morgan fingerprint density at radius 3 is 2.21 bits per heavy atom. The van der Waals surface area contributed by atoms with Crippen molar-refractivity contribution in [2.45, 2.75) is 77.6 Å². The quantitative estimate of drug-likeness (QED) is 0.312. The largest absolute Gasteiger partial charge is 0.444 e. The van der Waals surface area contributed by atoms with E-state index >= 15 is 0 Å². The molecule has 0 spiro atoms. The summed E-state index contributed by atoms with van der Waals surface area (Å²) < 4.78 is 5.36. The standard InChI is InChI=1S/C33H40N4O5/c1-6-21-11-13-23(14-12-21)29(30(39)35-25-16-15-22-9-7-8-10-24(22)18-25)37(27-17-20(27)2)31(40)26(19-28(34)38)36-32(41)42-33(3,4)5/h7-16,18,20,26-27,29H,6,17,19H2,1-5H3,(H2,34,38)(H,35,39)(H,36,41). The molecule has 3 aromatic carbocycles. The Balaban J connectivity index is 1.72. The van der Waals surface area contributed by atoms with Crippen molar-refractivity contribution < 1.29 is 23.9 Å². The van der Waals surface area contributed by atoms with Crippen molar-refractivity contribution in [2.24, 2.45) is 11.7 Å². The molecule has 0 heterocycles. The van der Waals surface area contributed by atoms with Gasteiger partial charge in [0, 0.05) is 11.7 Å². The number of nitrogens with one attached hydrogen (secondary N) is 2. The Kier molecular flexibility index (Phi) is 9.19. The molecular weight excluding hydrogens is 532 g/mol. The van der Waals surface area contributed by atoms with Crippen LogP contribution in [0.3, 0.4) is 0 Å². The second-order valence-electron chi connectivity index (χ2n) is 11.9. The zero-order valence-electron chi connectivity index (χ0n) is 24.8. The molecule has 4 unspecified atom stereocenters. The molecule has 4 N–H and O–H groups in total. The van der Waals surface area contributed by atoms with E-state index < -0.39 is 47.9 Å². The molecule has 9 heteroatoms. The minimum atomic E-state index is -1.31. The number of ether oxygens (including phenoxy) is 1. The minimum Gasteiger partial charge on any atom is -0.444 e. The molecule has 1 saturated carbocycles. The van der Waals surface area contributed by atoms with Crippen molar-refractivity contribution >= 4 is 40.3 Å². The van der Waals surface area contributed by atoms with Crippen LogP contribution in [0.5, 0.6) is 0 Å². The number of hydrogen-bond acceptors (Lipinski definition) is 5. The normalized spacial score (nSPS) is 17.5. The smallest absolute Gasteiger partial charge is 0.408 e. The maximum atomic E-state index is 14.2. The van der Waals surface area contributed by atoms with E-state index in [2.05, 4.69) is 10.6 Å². The first-order chi connectivity index (χ1) is 19.9. The summed E-state index contributed by atoms with van der Waals surface area (Å²) in [7, 11) is 0. The highest BCUT2D eigenvalue weighted by molar-refractivity contribution is 6.01. The van der Waals surface area contributed by atoms with Gasteiger partial charge >= 0.3 is 6.09 Å². The Morgan fingerprint density at radius 1 is 1.00 bits per heavy atom. The van der Waals surface area contributed by atoms with Gasteiger partial charge in [0.15, 0.2) is 0 Å². The molecule has 3 aromatic rings. The lowest BCUT2D eigenvalue weighted by Crippen LogP contribution is -2.54. The van der Waals surface area contributed by atoms with Gasteiger partial charge in [-0.25, -0.2) is 4.79 Å². The highest BCUT2D eigenvalue weighted by atomic mass is 16.6. The van der Waals surface area contributed by atoms with Crippen LogP contribution >= 0.6 is 0 Å². The average Bonchev–Trinajstić information content (AvgIpc) is 3.65. The van der Waals surface area contributed by atoms with Crippen LogP contribution in [0.2, 0.25) is 0 Å². The van der Waals surface area contributed by atoms with Crippen LogP contribution in [0, 0.1) is 5.92 Å². The van der Waals surface area contributed by atoms with Gasteiger partial charge in [0.2, 0.25) is 11.8 Å². The van der Waals surface area contributed by atoms with Crippen LogP contribution < -0.4 is 16.4 Å². The van der Waals surface area contributed by atoms with Gasteiger partial charge in [0.25, 0.3) is 5.91 Å². The van der Waals surface area contributed by atoms with Crippen LogP contribution in [-0.4, -0.2) is 46.4 Å². The zero-order chi connectivity index (χ0) is 30.6. The second-order valence-corrected chi connectivity index (χ2v) is 11.9. The highest BCUT2D eigenvalue weighted by Crippen LogP contribution is 2.41. The van der Waals surface area contributed by atoms with Gasteiger partial charge < -0.3 is 26.0 Å². The number of carbonyl (C=O) groups excluding carboxylic acids is 4. The monoisotopic (exact) mass is 572 g/mol. The summed E-state index contributed by atoms with van der Waals surface area (Å²) >= 11 is 0. The Hall–Kier alpha value is -4.40. The Morgan fingerprint density at radius 2 is 1.64 bits per heavy atom. The van der Waals surface area contributed by atoms with E-state index in [1.54, 1.807) is 20.8 Å². The van der Waals surface area contributed by atoms with Crippen molar-refractivity contribution in [3.8, 4) is 0 Å². The fraction of sp³-hybridized carbons (Fsp3) is 0.394. The SMILES string of the molecule is CCc1ccc(C(C(=O)Nc2ccc3ccccc3c2)N(C(=O)C(CC(N)=O)NC(=O)OC(C)(C)C)C2CC2C)cc1. The molecule has 4 rings (SSSR count). The fourth-order valence-electron chi connectivity index (χ4n) is 5.05. The predicted molar refractivity (Wildman–Crippen MR) is 163 cm³/mol. The Labute approximate surface area is 246 Å². The molecule has 0 saturated heterocycles. The van der Waals surface area contributed by atoms with Crippen LogP contribution in [0.25, 0.3) is 10.8 Å². The molecule has 222 valence electrons. The molecule has 0 bridgehead atoms. The maximum Gasteiger partial charge on any atom is 0.408 e. The highest BCUT2D eigenvalue weighted by Gasteiger charge is 2.48. The van der Waals surface area contributed by atoms with Crippen LogP contribution in [0.1, 0.15) is 64.6 Å². The first-order valence-electron chi connectivity index (χ1n) is 14.3. The third-order valence-corrected chi connectivity index (χ3v) is 7.32. The van der Waals surface area contributed by atoms with Gasteiger partial charge in [-0.2, -0.15) is 0 Å². The van der Waals surface area contributed by atoms with Gasteiger partial charge in [-0.1, -0.05) is 68.4 Å². The average molecular weight is 573 g/mol. The van der Waals surface area contributed by atoms with Crippen molar-refractivity contribution in [2.75, 3.05) is 5.32 Å². The number of benzene rings is 3. The van der Waals surface area contributed by atoms with Crippen molar-refractivity contribution in [1.82, 2.24) is 10.2 Å². The summed E-state index contributed by atoms with van der Waals surface area (Å²) in [5, 5.41) is 7.54. The molecule has 9 nitrogen and oxygen atoms in total. The van der Waals surface area contributed by atoms with Crippen LogP contribution in [0.4, 0.5) is 10.5 Å². The number of nitrogens with two attached hydrogens (primary N) is 1. The van der Waals surface area contributed by atoms with Crippen molar-refractivity contribution in [3.63, 3.8) is 0 Å². The van der Waals surface area contributed by atoms with E-state index in [0.717, 1.165) is 22.8 Å². The number of nitrogens with zero attached hydrogens (tertiary/aromatic N) is 1. The number of carbonyl (C=O) groups is 4. The summed E-state index contributed by atoms with van der Waals surface area (Å²) in [5.41, 5.74) is 6.97. The molecule has 1 aliphatic carbocycles. The molecule has 4 amide bonds. The summed E-state index contributed by atoms with van der Waals surface area (Å²) in [5.74, 6) is -1.63. The lowest BCUT2D eigenvalue weighted by Gasteiger charge is -2.35. The van der Waals surface area contributed by atoms with E-state index in [1.165, 1.54) is 4.90 Å². The predicted octanol–water partition coefficient (Wildman–Crippen LogP) is 5.09. The van der Waals surface area contributed by atoms with Gasteiger partial charge in [-0.15, -0.1) is 0 Å². The number of rotatable bonds is 10. The lowest BCUT2D eigenvalue weighted by atomic mass is 9.99. The topological polar surface area (TPSA) is 131 Å². The fourth-order valence-corrected chi connectivity index (χ4v) is 5.05.